The SMILES string of the molecule is CC(C)(NC(=O)CCOc1cccc(Cl)c1Cl)c1ccc2c(c1)OCO2. The van der Waals surface area contributed by atoms with Crippen LogP contribution in [-0.2, 0) is 10.3 Å². The van der Waals surface area contributed by atoms with Crippen molar-refractivity contribution in [2.24, 2.45) is 0 Å². The summed E-state index contributed by atoms with van der Waals surface area (Å²) in [5.41, 5.74) is 0.361. The first-order valence-corrected chi connectivity index (χ1v) is 8.90. The smallest absolute Gasteiger partial charge is 0.231 e. The number of carbonyl (C=O) groups is 1. The number of ether oxygens (including phenoxy) is 3. The molecule has 2 aromatic rings. The third kappa shape index (κ3) is 4.17. The quantitative estimate of drug-likeness (QED) is 0.779. The van der Waals surface area contributed by atoms with Gasteiger partial charge in [0.25, 0.3) is 0 Å². The Morgan fingerprint density at radius 2 is 1.96 bits per heavy atom. The molecule has 3 rings (SSSR count). The molecule has 0 atom stereocenters. The monoisotopic (exact) mass is 395 g/mol. The van der Waals surface area contributed by atoms with Crippen LogP contribution in [0.1, 0.15) is 25.8 Å². The number of halogens is 2. The van der Waals surface area contributed by atoms with Gasteiger partial charge in [-0.15, -0.1) is 0 Å². The van der Waals surface area contributed by atoms with Gasteiger partial charge in [-0.2, -0.15) is 0 Å². The zero-order valence-corrected chi connectivity index (χ0v) is 16.0. The zero-order chi connectivity index (χ0) is 18.7. The van der Waals surface area contributed by atoms with E-state index in [2.05, 4.69) is 5.32 Å². The Morgan fingerprint density at radius 1 is 1.19 bits per heavy atom. The van der Waals surface area contributed by atoms with Crippen molar-refractivity contribution in [2.45, 2.75) is 25.8 Å². The van der Waals surface area contributed by atoms with E-state index in [0.717, 1.165) is 5.56 Å². The van der Waals surface area contributed by atoms with Crippen LogP contribution < -0.4 is 19.5 Å². The molecule has 0 radical (unpaired) electrons. The van der Waals surface area contributed by atoms with Gasteiger partial charge in [0.05, 0.1) is 23.6 Å². The van der Waals surface area contributed by atoms with E-state index < -0.39 is 5.54 Å². The lowest BCUT2D eigenvalue weighted by Gasteiger charge is -2.27. The number of rotatable bonds is 6. The first-order chi connectivity index (χ1) is 12.4. The summed E-state index contributed by atoms with van der Waals surface area (Å²) in [7, 11) is 0. The molecule has 2 aromatic carbocycles. The van der Waals surface area contributed by atoms with E-state index in [9.17, 15) is 4.79 Å². The average Bonchev–Trinajstić information content (AvgIpc) is 3.06. The second kappa shape index (κ2) is 7.64. The Kier molecular flexibility index (Phi) is 5.49. The highest BCUT2D eigenvalue weighted by molar-refractivity contribution is 6.42. The largest absolute Gasteiger partial charge is 0.491 e. The summed E-state index contributed by atoms with van der Waals surface area (Å²) < 4.78 is 16.3. The maximum Gasteiger partial charge on any atom is 0.231 e. The minimum atomic E-state index is -0.564. The predicted octanol–water partition coefficient (Wildman–Crippen LogP) is 4.54. The first kappa shape index (κ1) is 18.7. The summed E-state index contributed by atoms with van der Waals surface area (Å²) in [5.74, 6) is 1.72. The first-order valence-electron chi connectivity index (χ1n) is 8.15. The second-order valence-electron chi connectivity index (χ2n) is 6.39. The summed E-state index contributed by atoms with van der Waals surface area (Å²) >= 11 is 12.0. The van der Waals surface area contributed by atoms with Gasteiger partial charge in [0.1, 0.15) is 10.8 Å². The Labute approximate surface area is 162 Å². The van der Waals surface area contributed by atoms with Crippen LogP contribution >= 0.6 is 23.2 Å². The van der Waals surface area contributed by atoms with Gasteiger partial charge in [-0.1, -0.05) is 35.3 Å². The average molecular weight is 396 g/mol. The number of benzene rings is 2. The van der Waals surface area contributed by atoms with Crippen molar-refractivity contribution in [1.29, 1.82) is 0 Å². The summed E-state index contributed by atoms with van der Waals surface area (Å²) in [5, 5.41) is 3.76. The molecule has 1 amide bonds. The van der Waals surface area contributed by atoms with Crippen LogP contribution in [0.4, 0.5) is 0 Å². The lowest BCUT2D eigenvalue weighted by molar-refractivity contribution is -0.123. The van der Waals surface area contributed by atoms with Crippen molar-refractivity contribution in [1.82, 2.24) is 5.32 Å². The Hall–Kier alpha value is -2.11. The van der Waals surface area contributed by atoms with Crippen molar-refractivity contribution in [3.63, 3.8) is 0 Å². The van der Waals surface area contributed by atoms with Crippen molar-refractivity contribution >= 4 is 29.1 Å². The van der Waals surface area contributed by atoms with E-state index in [4.69, 9.17) is 37.4 Å². The van der Waals surface area contributed by atoms with Crippen LogP contribution in [0.2, 0.25) is 10.0 Å². The summed E-state index contributed by atoms with van der Waals surface area (Å²) in [6, 6.07) is 10.8. The van der Waals surface area contributed by atoms with Crippen LogP contribution in [-0.4, -0.2) is 19.3 Å². The molecule has 0 bridgehead atoms. The van der Waals surface area contributed by atoms with Gasteiger partial charge in [-0.05, 0) is 43.7 Å². The molecule has 0 spiro atoms. The van der Waals surface area contributed by atoms with E-state index >= 15 is 0 Å². The third-order valence-electron chi connectivity index (χ3n) is 4.05. The minimum Gasteiger partial charge on any atom is -0.491 e. The van der Waals surface area contributed by atoms with Gasteiger partial charge in [0, 0.05) is 0 Å². The molecule has 138 valence electrons. The number of fused-ring (bicyclic) bond motifs is 1. The fraction of sp³-hybridized carbons (Fsp3) is 0.316. The lowest BCUT2D eigenvalue weighted by Crippen LogP contribution is -2.41. The predicted molar refractivity (Wildman–Crippen MR) is 100 cm³/mol. The standard InChI is InChI=1S/C19H19Cl2NO4/c1-19(2,12-6-7-14-16(10-12)26-11-25-14)22-17(23)8-9-24-15-5-3-4-13(20)18(15)21/h3-7,10H,8-9,11H2,1-2H3,(H,22,23). The van der Waals surface area contributed by atoms with E-state index in [1.54, 1.807) is 18.2 Å². The van der Waals surface area contributed by atoms with E-state index in [-0.39, 0.29) is 25.7 Å². The molecule has 5 nitrogen and oxygen atoms in total. The highest BCUT2D eigenvalue weighted by Crippen LogP contribution is 2.35. The summed E-state index contributed by atoms with van der Waals surface area (Å²) in [6.07, 6.45) is 0.191. The Balaban J connectivity index is 1.56. The van der Waals surface area contributed by atoms with Gasteiger partial charge in [-0.25, -0.2) is 0 Å². The molecule has 1 N–H and O–H groups in total. The van der Waals surface area contributed by atoms with Gasteiger partial charge in [0.2, 0.25) is 12.7 Å². The van der Waals surface area contributed by atoms with Crippen LogP contribution in [0.5, 0.6) is 17.2 Å². The molecular formula is C19H19Cl2NO4. The lowest BCUT2D eigenvalue weighted by atomic mass is 9.93. The van der Waals surface area contributed by atoms with E-state index in [1.807, 2.05) is 32.0 Å². The van der Waals surface area contributed by atoms with Gasteiger partial charge in [-0.3, -0.25) is 4.79 Å². The van der Waals surface area contributed by atoms with Crippen LogP contribution in [0.25, 0.3) is 0 Å². The van der Waals surface area contributed by atoms with Crippen LogP contribution in [0.3, 0.4) is 0 Å². The molecule has 0 saturated carbocycles. The summed E-state index contributed by atoms with van der Waals surface area (Å²) in [6.45, 7) is 4.27. The normalized spacial score (nSPS) is 12.8. The zero-order valence-electron chi connectivity index (χ0n) is 14.5. The molecule has 1 heterocycles. The molecule has 0 fully saturated rings. The van der Waals surface area contributed by atoms with Gasteiger partial charge >= 0.3 is 0 Å². The highest BCUT2D eigenvalue weighted by Gasteiger charge is 2.25. The molecule has 7 heteroatoms. The molecule has 0 aromatic heterocycles. The highest BCUT2D eigenvalue weighted by atomic mass is 35.5. The number of hydrogen-bond donors (Lipinski definition) is 1. The molecule has 1 aliphatic heterocycles. The van der Waals surface area contributed by atoms with Gasteiger partial charge < -0.3 is 19.5 Å². The van der Waals surface area contributed by atoms with Gasteiger partial charge in [0.15, 0.2) is 11.5 Å². The van der Waals surface area contributed by atoms with Crippen LogP contribution in [0.15, 0.2) is 36.4 Å². The molecule has 0 aliphatic carbocycles. The number of nitrogens with one attached hydrogen (secondary N) is 1. The summed E-state index contributed by atoms with van der Waals surface area (Å²) in [4.78, 5) is 12.3. The molecule has 26 heavy (non-hydrogen) atoms. The van der Waals surface area contributed by atoms with Crippen molar-refractivity contribution < 1.29 is 19.0 Å². The topological polar surface area (TPSA) is 56.8 Å². The van der Waals surface area contributed by atoms with E-state index in [0.29, 0.717) is 27.3 Å². The fourth-order valence-electron chi connectivity index (χ4n) is 2.62. The van der Waals surface area contributed by atoms with Crippen LogP contribution in [0, 0.1) is 0 Å². The number of carbonyl (C=O) groups excluding carboxylic acids is 1. The van der Waals surface area contributed by atoms with Crippen molar-refractivity contribution in [2.75, 3.05) is 13.4 Å². The minimum absolute atomic E-state index is 0.134. The second-order valence-corrected chi connectivity index (χ2v) is 7.18. The fourth-order valence-corrected chi connectivity index (χ4v) is 2.96. The third-order valence-corrected chi connectivity index (χ3v) is 4.85. The Bertz CT molecular complexity index is 823. The van der Waals surface area contributed by atoms with E-state index in [1.165, 1.54) is 0 Å². The molecule has 0 saturated heterocycles. The van der Waals surface area contributed by atoms with Crippen molar-refractivity contribution in [3.8, 4) is 17.2 Å². The molecule has 1 aliphatic rings. The maximum atomic E-state index is 12.3. The molecule has 0 unspecified atom stereocenters. The molecular weight excluding hydrogens is 377 g/mol. The Morgan fingerprint density at radius 3 is 2.77 bits per heavy atom. The number of hydrogen-bond acceptors (Lipinski definition) is 4. The maximum absolute atomic E-state index is 12.3. The number of amides is 1. The van der Waals surface area contributed by atoms with Crippen molar-refractivity contribution in [3.05, 3.63) is 52.0 Å².